The van der Waals surface area contributed by atoms with Crippen molar-refractivity contribution in [3.05, 3.63) is 149 Å². The number of amides is 1. The van der Waals surface area contributed by atoms with Gasteiger partial charge in [0, 0.05) is 17.7 Å². The summed E-state index contributed by atoms with van der Waals surface area (Å²) < 4.78 is 12.6. The standard InChI is InChI=1S/C40H31N3O5S2/c1-24-19-30-20-28(17-18-33(30)48-24)36(44)34-35(27-13-8-15-31(21-27)47-22-25-9-3-2-4-10-25)43(38(46)37(34)45)39-41-42-40(50-39)49-23-29-14-7-12-26-11-5-6-16-32(26)29/h2-18,20-21,24,35,44H,19,22-23H2,1H3/t24-,35-/m1/s1. The molecule has 0 saturated carbocycles. The molecule has 0 unspecified atom stereocenters. The Morgan fingerprint density at radius 3 is 2.62 bits per heavy atom. The molecular weight excluding hydrogens is 667 g/mol. The monoisotopic (exact) mass is 697 g/mol. The molecule has 5 aromatic carbocycles. The molecule has 50 heavy (non-hydrogen) atoms. The first-order valence-corrected chi connectivity index (χ1v) is 18.0. The molecule has 0 aliphatic carbocycles. The zero-order valence-electron chi connectivity index (χ0n) is 27.0. The number of nitrogens with zero attached hydrogens (tertiary/aromatic N) is 3. The zero-order chi connectivity index (χ0) is 34.2. The van der Waals surface area contributed by atoms with Crippen molar-refractivity contribution in [1.29, 1.82) is 0 Å². The minimum absolute atomic E-state index is 0.0108. The number of aliphatic hydroxyl groups is 1. The molecule has 3 heterocycles. The molecule has 0 spiro atoms. The van der Waals surface area contributed by atoms with Crippen LogP contribution >= 0.6 is 23.1 Å². The number of carbonyl (C=O) groups excluding carboxylic acids is 2. The van der Waals surface area contributed by atoms with Gasteiger partial charge in [-0.25, -0.2) is 0 Å². The van der Waals surface area contributed by atoms with Crippen molar-refractivity contribution in [3.8, 4) is 11.5 Å². The first-order valence-electron chi connectivity index (χ1n) is 16.2. The number of fused-ring (bicyclic) bond motifs is 2. The van der Waals surface area contributed by atoms with Crippen molar-refractivity contribution < 1.29 is 24.2 Å². The van der Waals surface area contributed by atoms with Crippen LogP contribution in [0.15, 0.2) is 125 Å². The largest absolute Gasteiger partial charge is 0.507 e. The summed E-state index contributed by atoms with van der Waals surface area (Å²) in [5, 5.41) is 23.2. The van der Waals surface area contributed by atoms with Crippen LogP contribution < -0.4 is 14.4 Å². The molecule has 10 heteroatoms. The summed E-state index contributed by atoms with van der Waals surface area (Å²) >= 11 is 2.76. The van der Waals surface area contributed by atoms with Crippen molar-refractivity contribution in [3.63, 3.8) is 0 Å². The molecule has 1 saturated heterocycles. The van der Waals surface area contributed by atoms with Crippen LogP contribution in [0.3, 0.4) is 0 Å². The molecule has 1 fully saturated rings. The van der Waals surface area contributed by atoms with Crippen molar-refractivity contribution >= 4 is 56.5 Å². The number of carbonyl (C=O) groups is 2. The Morgan fingerprint density at radius 2 is 1.74 bits per heavy atom. The molecule has 0 bridgehead atoms. The van der Waals surface area contributed by atoms with Gasteiger partial charge in [0.2, 0.25) is 5.13 Å². The quantitative estimate of drug-likeness (QED) is 0.0528. The molecular formula is C40H31N3O5S2. The van der Waals surface area contributed by atoms with E-state index in [1.807, 2.05) is 79.7 Å². The third-order valence-electron chi connectivity index (χ3n) is 8.87. The number of Topliss-reactive ketones (excluding diaryl/α,β-unsaturated/α-hetero) is 1. The van der Waals surface area contributed by atoms with Gasteiger partial charge in [0.1, 0.15) is 30.0 Å². The second-order valence-electron chi connectivity index (χ2n) is 12.2. The van der Waals surface area contributed by atoms with Gasteiger partial charge in [0.15, 0.2) is 4.34 Å². The minimum atomic E-state index is -0.970. The molecule has 8 rings (SSSR count). The molecule has 1 N–H and O–H groups in total. The number of hydrogen-bond acceptors (Lipinski definition) is 9. The average Bonchev–Trinajstić information content (AvgIpc) is 3.84. The van der Waals surface area contributed by atoms with E-state index in [4.69, 9.17) is 9.47 Å². The fourth-order valence-electron chi connectivity index (χ4n) is 6.50. The number of aromatic nitrogens is 2. The van der Waals surface area contributed by atoms with Gasteiger partial charge in [-0.1, -0.05) is 108 Å². The Balaban J connectivity index is 1.15. The lowest BCUT2D eigenvalue weighted by molar-refractivity contribution is -0.132. The molecule has 1 aromatic heterocycles. The highest BCUT2D eigenvalue weighted by Gasteiger charge is 2.48. The van der Waals surface area contributed by atoms with Crippen molar-refractivity contribution in [2.24, 2.45) is 0 Å². The van der Waals surface area contributed by atoms with Gasteiger partial charge in [-0.15, -0.1) is 10.2 Å². The van der Waals surface area contributed by atoms with Gasteiger partial charge in [0.25, 0.3) is 5.78 Å². The third-order valence-corrected chi connectivity index (χ3v) is 11.0. The van der Waals surface area contributed by atoms with Crippen LogP contribution in [-0.4, -0.2) is 33.1 Å². The van der Waals surface area contributed by atoms with Crippen molar-refractivity contribution in [2.45, 2.75) is 42.2 Å². The molecule has 6 aromatic rings. The van der Waals surface area contributed by atoms with Crippen molar-refractivity contribution in [1.82, 2.24) is 10.2 Å². The highest BCUT2D eigenvalue weighted by atomic mass is 32.2. The number of ketones is 1. The van der Waals surface area contributed by atoms with E-state index in [1.54, 1.807) is 18.2 Å². The molecule has 2 aliphatic rings. The predicted molar refractivity (Wildman–Crippen MR) is 196 cm³/mol. The molecule has 2 aliphatic heterocycles. The summed E-state index contributed by atoms with van der Waals surface area (Å²) in [7, 11) is 0. The van der Waals surface area contributed by atoms with Gasteiger partial charge >= 0.3 is 5.91 Å². The summed E-state index contributed by atoms with van der Waals surface area (Å²) in [6, 6.07) is 35.9. The molecule has 0 radical (unpaired) electrons. The highest BCUT2D eigenvalue weighted by molar-refractivity contribution is 8.00. The number of anilines is 1. The molecule has 248 valence electrons. The number of benzene rings is 5. The van der Waals surface area contributed by atoms with Gasteiger partial charge in [-0.3, -0.25) is 14.5 Å². The van der Waals surface area contributed by atoms with E-state index in [9.17, 15) is 14.7 Å². The number of ether oxygens (including phenoxy) is 2. The Bertz CT molecular complexity index is 2280. The summed E-state index contributed by atoms with van der Waals surface area (Å²) in [6.07, 6.45) is 0.690. The van der Waals surface area contributed by atoms with E-state index in [0.717, 1.165) is 27.8 Å². The highest BCUT2D eigenvalue weighted by Crippen LogP contribution is 2.45. The van der Waals surface area contributed by atoms with Crippen LogP contribution in [0.5, 0.6) is 11.5 Å². The Kier molecular flexibility index (Phi) is 8.56. The second-order valence-corrected chi connectivity index (χ2v) is 14.4. The number of thioether (sulfide) groups is 1. The summed E-state index contributed by atoms with van der Waals surface area (Å²) in [4.78, 5) is 29.2. The van der Waals surface area contributed by atoms with E-state index in [0.29, 0.717) is 40.0 Å². The Morgan fingerprint density at radius 1 is 0.940 bits per heavy atom. The lowest BCUT2D eigenvalue weighted by atomic mass is 9.94. The van der Waals surface area contributed by atoms with E-state index < -0.39 is 17.7 Å². The SMILES string of the molecule is C[C@@H]1Cc2cc(C(O)=C3C(=O)C(=O)N(c4nnc(SCc5cccc6ccccc56)s4)[C@@H]3c3cccc(OCc4ccccc4)c3)ccc2O1. The smallest absolute Gasteiger partial charge is 0.301 e. The van der Waals surface area contributed by atoms with Gasteiger partial charge in [-0.05, 0) is 70.3 Å². The van der Waals surface area contributed by atoms with E-state index >= 15 is 0 Å². The summed E-state index contributed by atoms with van der Waals surface area (Å²) in [6.45, 7) is 2.32. The number of aliphatic hydroxyl groups excluding tert-OH is 1. The van der Waals surface area contributed by atoms with Crippen molar-refractivity contribution in [2.75, 3.05) is 4.90 Å². The Labute approximate surface area is 297 Å². The minimum Gasteiger partial charge on any atom is -0.507 e. The second kappa shape index (κ2) is 13.5. The number of hydrogen-bond donors (Lipinski definition) is 1. The number of rotatable bonds is 9. The maximum atomic E-state index is 13.9. The fourth-order valence-corrected chi connectivity index (χ4v) is 8.37. The zero-order valence-corrected chi connectivity index (χ0v) is 28.6. The molecule has 1 amide bonds. The van der Waals surface area contributed by atoms with Crippen LogP contribution in [0.25, 0.3) is 16.5 Å². The van der Waals surface area contributed by atoms with Gasteiger partial charge in [-0.2, -0.15) is 0 Å². The van der Waals surface area contributed by atoms with E-state index in [-0.39, 0.29) is 22.6 Å². The normalized spacial score (nSPS) is 18.0. The lowest BCUT2D eigenvalue weighted by Crippen LogP contribution is -2.29. The first kappa shape index (κ1) is 31.8. The topological polar surface area (TPSA) is 102 Å². The van der Waals surface area contributed by atoms with Crippen LogP contribution in [0, 0.1) is 0 Å². The Hall–Kier alpha value is -5.45. The first-order chi connectivity index (χ1) is 24.4. The summed E-state index contributed by atoms with van der Waals surface area (Å²) in [5.41, 5.74) is 4.09. The third kappa shape index (κ3) is 6.12. The average molecular weight is 698 g/mol. The summed E-state index contributed by atoms with van der Waals surface area (Å²) in [5.74, 6) is 0.116. The van der Waals surface area contributed by atoms with Crippen LogP contribution in [-0.2, 0) is 28.4 Å². The van der Waals surface area contributed by atoms with Gasteiger partial charge < -0.3 is 14.6 Å². The van der Waals surface area contributed by atoms with E-state index in [2.05, 4.69) is 34.5 Å². The van der Waals surface area contributed by atoms with Crippen LogP contribution in [0.4, 0.5) is 5.13 Å². The predicted octanol–water partition coefficient (Wildman–Crippen LogP) is 8.51. The van der Waals surface area contributed by atoms with Gasteiger partial charge in [0.05, 0.1) is 11.6 Å². The lowest BCUT2D eigenvalue weighted by Gasteiger charge is -2.23. The molecule has 8 nitrogen and oxygen atoms in total. The fraction of sp³-hybridized carbons (Fsp3) is 0.150. The maximum Gasteiger partial charge on any atom is 0.301 e. The molecule has 2 atom stereocenters. The van der Waals surface area contributed by atoms with E-state index in [1.165, 1.54) is 33.4 Å². The van der Waals surface area contributed by atoms with Crippen LogP contribution in [0.2, 0.25) is 0 Å². The maximum absolute atomic E-state index is 13.9. The van der Waals surface area contributed by atoms with Crippen LogP contribution in [0.1, 0.15) is 40.8 Å².